The van der Waals surface area contributed by atoms with E-state index in [0.29, 0.717) is 0 Å². The van der Waals surface area contributed by atoms with Gasteiger partial charge in [0.2, 0.25) is 0 Å². The monoisotopic (exact) mass is 884 g/mol. The third-order valence-corrected chi connectivity index (χ3v) is 7.33. The minimum Gasteiger partial charge on any atom is -0.796 e. The van der Waals surface area contributed by atoms with E-state index in [1.54, 1.807) is 12.5 Å². The van der Waals surface area contributed by atoms with Crippen LogP contribution in [0.15, 0.2) is 0 Å². The molecule has 2 fully saturated rings. The van der Waals surface area contributed by atoms with Gasteiger partial charge in [-0.1, -0.05) is 69.2 Å². The molecule has 0 aliphatic heterocycles. The summed E-state index contributed by atoms with van der Waals surface area (Å²) in [4.78, 5) is 0. The maximum Gasteiger partial charge on any atom is 3.00 e. The maximum absolute atomic E-state index is 10.7. The third-order valence-electron chi connectivity index (χ3n) is 6.19. The zero-order valence-electron chi connectivity index (χ0n) is 25.6. The van der Waals surface area contributed by atoms with Crippen LogP contribution in [0.25, 0.3) is 0 Å². The Morgan fingerprint density at radius 2 is 0.465 bits per heavy atom. The quantitative estimate of drug-likeness (QED) is 0.101. The molecule has 2 aliphatic carbocycles. The zero-order valence-corrected chi connectivity index (χ0v) is 32.3. The fourth-order valence-corrected chi connectivity index (χ4v) is 2.81. The molecule has 256 valence electrons. The first-order valence-corrected chi connectivity index (χ1v) is 15.3. The maximum atomic E-state index is 10.7. The van der Waals surface area contributed by atoms with Gasteiger partial charge in [-0.2, -0.15) is 38.9 Å². The van der Waals surface area contributed by atoms with Gasteiger partial charge in [0.1, 0.15) is 0 Å². The van der Waals surface area contributed by atoms with E-state index in [4.69, 9.17) is 25.9 Å². The van der Waals surface area contributed by atoms with Gasteiger partial charge < -0.3 is 39.8 Å². The molecule has 0 bridgehead atoms. The van der Waals surface area contributed by atoms with Crippen molar-refractivity contribution in [1.82, 2.24) is 0 Å². The van der Waals surface area contributed by atoms with Crippen molar-refractivity contribution in [3.05, 3.63) is 59.2 Å². The molecular weight excluding hydrogens is 845 g/mol. The van der Waals surface area contributed by atoms with Crippen molar-refractivity contribution < 1.29 is 96.7 Å². The Morgan fingerprint density at radius 3 is 0.488 bits per heavy atom. The number of halogens is 6. The van der Waals surface area contributed by atoms with Crippen LogP contribution in [-0.4, -0.2) is 54.9 Å². The molecule has 0 saturated heterocycles. The summed E-state index contributed by atoms with van der Waals surface area (Å²) in [6, 6.07) is 0. The molecule has 0 aromatic carbocycles. The van der Waals surface area contributed by atoms with Crippen molar-refractivity contribution >= 4 is 45.5 Å². The molecule has 0 spiro atoms. The number of alkyl halides is 6. The number of rotatable bonds is 0. The van der Waals surface area contributed by atoms with Crippen molar-refractivity contribution in [2.45, 2.75) is 80.3 Å². The first kappa shape index (κ1) is 59.7. The van der Waals surface area contributed by atoms with E-state index in [1.807, 2.05) is 0 Å². The van der Waals surface area contributed by atoms with Crippen LogP contribution in [-0.2, 0) is 84.4 Å². The van der Waals surface area contributed by atoms with Gasteiger partial charge >= 0.3 is 50.0 Å². The summed E-state index contributed by atoms with van der Waals surface area (Å²) in [5.74, 6) is 14.7. The van der Waals surface area contributed by atoms with Crippen LogP contribution < -0.4 is 0 Å². The SMILES string of the molecule is C[C]1[C](C)[C](C)[C](C)[C]1C.C[C]1[C](C)[C](C)[C](C)[C]1C.C[S-].C[S-].O.O=S(=O)([O-])C(F)(F)F.O=S(=O)([O-])C(F)(F)F.[Ru+3].[Ru+3]. The number of hydrogen-bond donors (Lipinski definition) is 0. The second-order valence-corrected chi connectivity index (χ2v) is 10.8. The largest absolute Gasteiger partial charge is 3.00 e. The molecule has 0 aromatic rings. The molecule has 2 N–H and O–H groups in total. The Labute approximate surface area is 292 Å². The van der Waals surface area contributed by atoms with Crippen LogP contribution in [0.1, 0.15) is 69.2 Å². The normalized spacial score (nSPS) is 18.7. The van der Waals surface area contributed by atoms with Gasteiger partial charge in [0.25, 0.3) is 0 Å². The summed E-state index contributed by atoms with van der Waals surface area (Å²) < 4.78 is 118. The van der Waals surface area contributed by atoms with E-state index in [-0.39, 0.29) is 44.4 Å². The van der Waals surface area contributed by atoms with Crippen LogP contribution in [0.3, 0.4) is 0 Å². The Balaban J connectivity index is -0.0000000759. The molecule has 2 aliphatic rings. The van der Waals surface area contributed by atoms with Gasteiger partial charge in [0.15, 0.2) is 20.2 Å². The van der Waals surface area contributed by atoms with E-state index in [0.717, 1.165) is 0 Å². The molecule has 0 amide bonds. The Hall–Kier alpha value is 1.31. The minimum absolute atomic E-state index is 0. The molecule has 2 saturated carbocycles. The van der Waals surface area contributed by atoms with Gasteiger partial charge in [-0.25, -0.2) is 16.8 Å². The fraction of sp³-hybridized carbons (Fsp3) is 0.583. The molecule has 7 nitrogen and oxygen atoms in total. The van der Waals surface area contributed by atoms with Crippen LogP contribution in [0.2, 0.25) is 0 Å². The first-order valence-electron chi connectivity index (χ1n) is 10.9. The molecule has 43 heavy (non-hydrogen) atoms. The van der Waals surface area contributed by atoms with Crippen molar-refractivity contribution in [2.24, 2.45) is 0 Å². The topological polar surface area (TPSA) is 146 Å². The zero-order chi connectivity index (χ0) is 33.8. The van der Waals surface area contributed by atoms with E-state index in [9.17, 15) is 26.3 Å². The molecule has 0 atom stereocenters. The fourth-order valence-electron chi connectivity index (χ4n) is 2.81. The average Bonchev–Trinajstić information content (AvgIpc) is 3.10. The molecule has 12 radical (unpaired) electrons. The average molecular weight is 883 g/mol. The van der Waals surface area contributed by atoms with Crippen LogP contribution in [0.5, 0.6) is 0 Å². The second kappa shape index (κ2) is 25.3. The number of hydrogen-bond acceptors (Lipinski definition) is 8. The predicted octanol–water partition coefficient (Wildman–Crippen LogP) is 5.54. The van der Waals surface area contributed by atoms with E-state index in [1.165, 1.54) is 59.2 Å². The summed E-state index contributed by atoms with van der Waals surface area (Å²) >= 11 is 8.17. The summed E-state index contributed by atoms with van der Waals surface area (Å²) in [6.07, 6.45) is 3.17. The summed E-state index contributed by atoms with van der Waals surface area (Å²) in [5.41, 5.74) is -11.3. The third kappa shape index (κ3) is 21.0. The Kier molecular flexibility index (Phi) is 35.2. The van der Waals surface area contributed by atoms with Crippen LogP contribution in [0, 0.1) is 59.2 Å². The second-order valence-electron chi connectivity index (χ2n) is 8.05. The van der Waals surface area contributed by atoms with Crippen LogP contribution >= 0.6 is 0 Å². The van der Waals surface area contributed by atoms with Gasteiger partial charge in [0.05, 0.1) is 0 Å². The Morgan fingerprint density at radius 1 is 0.419 bits per heavy atom. The molecule has 0 unspecified atom stereocenters. The van der Waals surface area contributed by atoms with Crippen molar-refractivity contribution in [1.29, 1.82) is 0 Å². The van der Waals surface area contributed by atoms with E-state index in [2.05, 4.69) is 94.5 Å². The summed E-state index contributed by atoms with van der Waals surface area (Å²) in [6.45, 7) is 22.0. The van der Waals surface area contributed by atoms with Crippen LogP contribution in [0.4, 0.5) is 26.3 Å². The standard InChI is InChI=1S/2C10H15.2CHF3O3S.2CH4S.H2O.2Ru/c2*1-6-7(2)9(4)10(5)8(6)3;2*2-1(3,4)8(5,6)7;2*1-2;;;/h2*1-5H3;2*(H,5,6,7);2*2H,1H3;1H2;;/q;;;;;;;2*+3/p-4. The van der Waals surface area contributed by atoms with Gasteiger partial charge in [0, 0.05) is 0 Å². The first-order chi connectivity index (χ1) is 17.6. The molecule has 2 rings (SSSR count). The van der Waals surface area contributed by atoms with Gasteiger partial charge in [-0.3, -0.25) is 0 Å². The molecule has 0 aromatic heterocycles. The molecule has 19 heteroatoms. The van der Waals surface area contributed by atoms with E-state index >= 15 is 0 Å². The Bertz CT molecular complexity index is 734. The summed E-state index contributed by atoms with van der Waals surface area (Å²) in [5, 5.41) is 0. The van der Waals surface area contributed by atoms with Crippen molar-refractivity contribution in [3.8, 4) is 0 Å². The van der Waals surface area contributed by atoms with Crippen molar-refractivity contribution in [2.75, 3.05) is 12.5 Å². The van der Waals surface area contributed by atoms with Gasteiger partial charge in [-0.15, -0.1) is 0 Å². The molecule has 0 heterocycles. The van der Waals surface area contributed by atoms with Gasteiger partial charge in [-0.05, 0) is 59.2 Å². The minimum atomic E-state index is -6.09. The predicted molar refractivity (Wildman–Crippen MR) is 151 cm³/mol. The smallest absolute Gasteiger partial charge is 0.796 e. The van der Waals surface area contributed by atoms with Crippen molar-refractivity contribution in [3.63, 3.8) is 0 Å². The van der Waals surface area contributed by atoms with E-state index < -0.39 is 31.3 Å². The summed E-state index contributed by atoms with van der Waals surface area (Å²) in [7, 11) is -12.2. The molecular formula is C24H38F6O7Ru2S4+2.